The quantitative estimate of drug-likeness (QED) is 0.414. The van der Waals surface area contributed by atoms with Crippen LogP contribution in [0.5, 0.6) is 5.75 Å². The summed E-state index contributed by atoms with van der Waals surface area (Å²) >= 11 is 0. The van der Waals surface area contributed by atoms with Crippen LogP contribution in [0.1, 0.15) is 23.6 Å². The molecule has 30 heavy (non-hydrogen) atoms. The number of likely N-dealkylation sites (tertiary alicyclic amines) is 1. The Morgan fingerprint density at radius 2 is 1.70 bits per heavy atom. The third-order valence-electron chi connectivity index (χ3n) is 5.19. The Labute approximate surface area is 175 Å². The van der Waals surface area contributed by atoms with Gasteiger partial charge in [-0.3, -0.25) is 9.59 Å². The van der Waals surface area contributed by atoms with Crippen molar-refractivity contribution in [2.24, 2.45) is 0 Å². The fourth-order valence-corrected chi connectivity index (χ4v) is 3.56. The van der Waals surface area contributed by atoms with Crippen molar-refractivity contribution in [3.05, 3.63) is 65.2 Å². The molecule has 1 unspecified atom stereocenters. The van der Waals surface area contributed by atoms with Gasteiger partial charge < -0.3 is 24.7 Å². The average Bonchev–Trinajstić information content (AvgIpc) is 3.02. The number of aliphatic hydroxyl groups is 2. The van der Waals surface area contributed by atoms with Crippen LogP contribution in [-0.2, 0) is 9.59 Å². The van der Waals surface area contributed by atoms with Crippen LogP contribution in [0.25, 0.3) is 5.76 Å². The van der Waals surface area contributed by atoms with E-state index < -0.39 is 17.7 Å². The van der Waals surface area contributed by atoms with E-state index in [4.69, 9.17) is 4.74 Å². The van der Waals surface area contributed by atoms with Gasteiger partial charge in [0.25, 0.3) is 11.7 Å². The van der Waals surface area contributed by atoms with Gasteiger partial charge in [0.2, 0.25) is 0 Å². The monoisotopic (exact) mass is 410 g/mol. The van der Waals surface area contributed by atoms with Gasteiger partial charge >= 0.3 is 0 Å². The normalized spacial score (nSPS) is 18.0. The maximum absolute atomic E-state index is 12.9. The van der Waals surface area contributed by atoms with Crippen LogP contribution >= 0.6 is 0 Å². The molecule has 0 aromatic heterocycles. The smallest absolute Gasteiger partial charge is 0.295 e. The molecule has 1 fully saturated rings. The summed E-state index contributed by atoms with van der Waals surface area (Å²) in [6.45, 7) is 0.105. The third-order valence-corrected chi connectivity index (χ3v) is 5.19. The summed E-state index contributed by atoms with van der Waals surface area (Å²) in [7, 11) is 5.39. The van der Waals surface area contributed by atoms with Crippen molar-refractivity contribution in [3.8, 4) is 5.75 Å². The summed E-state index contributed by atoms with van der Waals surface area (Å²) in [5, 5.41) is 20.2. The first-order valence-electron chi connectivity index (χ1n) is 9.70. The van der Waals surface area contributed by atoms with Gasteiger partial charge in [-0.1, -0.05) is 12.1 Å². The Kier molecular flexibility index (Phi) is 6.42. The Bertz CT molecular complexity index is 949. The highest BCUT2D eigenvalue weighted by molar-refractivity contribution is 6.46. The second-order valence-electron chi connectivity index (χ2n) is 7.28. The number of ether oxygens (including phenoxy) is 1. The molecule has 3 rings (SSSR count). The third kappa shape index (κ3) is 4.02. The van der Waals surface area contributed by atoms with Gasteiger partial charge in [-0.15, -0.1) is 0 Å². The van der Waals surface area contributed by atoms with E-state index in [0.717, 1.165) is 5.69 Å². The maximum Gasteiger partial charge on any atom is 0.295 e. The minimum atomic E-state index is -0.733. The topological polar surface area (TPSA) is 90.3 Å². The molecular weight excluding hydrogens is 384 g/mol. The van der Waals surface area contributed by atoms with Gasteiger partial charge in [-0.2, -0.15) is 0 Å². The Morgan fingerprint density at radius 1 is 1.07 bits per heavy atom. The van der Waals surface area contributed by atoms with Crippen molar-refractivity contribution >= 4 is 23.1 Å². The largest absolute Gasteiger partial charge is 0.507 e. The van der Waals surface area contributed by atoms with Crippen molar-refractivity contribution in [1.29, 1.82) is 0 Å². The van der Waals surface area contributed by atoms with Gasteiger partial charge in [0.1, 0.15) is 11.5 Å². The Balaban J connectivity index is 2.11. The highest BCUT2D eigenvalue weighted by Crippen LogP contribution is 2.40. The van der Waals surface area contributed by atoms with Crippen molar-refractivity contribution in [1.82, 2.24) is 4.90 Å². The second-order valence-corrected chi connectivity index (χ2v) is 7.28. The number of hydrogen-bond donors (Lipinski definition) is 2. The van der Waals surface area contributed by atoms with E-state index in [1.807, 2.05) is 43.3 Å². The molecule has 0 bridgehead atoms. The summed E-state index contributed by atoms with van der Waals surface area (Å²) in [5.74, 6) is -1.03. The van der Waals surface area contributed by atoms with Crippen molar-refractivity contribution in [2.75, 3.05) is 39.3 Å². The number of Topliss-reactive ketones (excluding diaryl/α,β-unsaturated/α-hetero) is 1. The molecule has 1 atom stereocenters. The van der Waals surface area contributed by atoms with Crippen LogP contribution in [0.4, 0.5) is 5.69 Å². The molecule has 0 radical (unpaired) electrons. The highest BCUT2D eigenvalue weighted by Gasteiger charge is 2.45. The summed E-state index contributed by atoms with van der Waals surface area (Å²) in [5.41, 5.74) is 2.15. The molecule has 158 valence electrons. The number of rotatable bonds is 7. The standard InChI is InChI=1S/C23H26N2O5/c1-24(2)17-9-5-15(6-10-17)20-19(22(28)23(29)25(20)13-4-14-26)21(27)16-7-11-18(30-3)12-8-16/h5-12,20,26-27H,4,13-14H2,1-3H3/b21-19-. The van der Waals surface area contributed by atoms with Crippen LogP contribution in [0.2, 0.25) is 0 Å². The SMILES string of the molecule is COc1ccc(/C(O)=C2/C(=O)C(=O)N(CCCO)C2c2ccc(N(C)C)cc2)cc1. The molecule has 1 heterocycles. The predicted molar refractivity (Wildman–Crippen MR) is 114 cm³/mol. The molecule has 0 aliphatic carbocycles. The first-order chi connectivity index (χ1) is 14.4. The van der Waals surface area contributed by atoms with E-state index in [1.165, 1.54) is 4.90 Å². The highest BCUT2D eigenvalue weighted by atomic mass is 16.5. The van der Waals surface area contributed by atoms with E-state index in [-0.39, 0.29) is 24.5 Å². The Morgan fingerprint density at radius 3 is 2.23 bits per heavy atom. The molecule has 1 saturated heterocycles. The van der Waals surface area contributed by atoms with Gasteiger partial charge in [-0.05, 0) is 48.4 Å². The molecule has 1 aliphatic heterocycles. The number of anilines is 1. The average molecular weight is 410 g/mol. The summed E-state index contributed by atoms with van der Waals surface area (Å²) in [6, 6.07) is 13.4. The fraction of sp³-hybridized carbons (Fsp3) is 0.304. The molecule has 7 heteroatoms. The number of nitrogens with zero attached hydrogens (tertiary/aromatic N) is 2. The van der Waals surface area contributed by atoms with Gasteiger partial charge in [0.15, 0.2) is 0 Å². The van der Waals surface area contributed by atoms with Gasteiger partial charge in [-0.25, -0.2) is 0 Å². The number of hydrogen-bond acceptors (Lipinski definition) is 6. The summed E-state index contributed by atoms with van der Waals surface area (Å²) in [4.78, 5) is 29.0. The van der Waals surface area contributed by atoms with E-state index in [2.05, 4.69) is 0 Å². The van der Waals surface area contributed by atoms with Crippen LogP contribution in [0.15, 0.2) is 54.1 Å². The first kappa shape index (κ1) is 21.4. The lowest BCUT2D eigenvalue weighted by Gasteiger charge is -2.25. The molecule has 2 aromatic rings. The maximum atomic E-state index is 12.9. The van der Waals surface area contributed by atoms with Crippen LogP contribution in [0, 0.1) is 0 Å². The lowest BCUT2D eigenvalue weighted by molar-refractivity contribution is -0.140. The molecule has 1 aliphatic rings. The summed E-state index contributed by atoms with van der Waals surface area (Å²) < 4.78 is 5.14. The number of benzene rings is 2. The van der Waals surface area contributed by atoms with E-state index in [9.17, 15) is 19.8 Å². The van der Waals surface area contributed by atoms with Crippen molar-refractivity contribution < 1.29 is 24.5 Å². The fourth-order valence-electron chi connectivity index (χ4n) is 3.56. The number of ketones is 1. The number of methoxy groups -OCH3 is 1. The lowest BCUT2D eigenvalue weighted by atomic mass is 9.95. The molecular formula is C23H26N2O5. The number of carbonyl (C=O) groups excluding carboxylic acids is 2. The predicted octanol–water partition coefficient (Wildman–Crippen LogP) is 2.57. The molecule has 2 aromatic carbocycles. The second kappa shape index (κ2) is 9.00. The zero-order valence-corrected chi connectivity index (χ0v) is 17.3. The van der Waals surface area contributed by atoms with Gasteiger partial charge in [0.05, 0.1) is 18.7 Å². The molecule has 0 saturated carbocycles. The van der Waals surface area contributed by atoms with Crippen LogP contribution < -0.4 is 9.64 Å². The molecule has 7 nitrogen and oxygen atoms in total. The molecule has 1 amide bonds. The number of aliphatic hydroxyl groups excluding tert-OH is 2. The summed E-state index contributed by atoms with van der Waals surface area (Å²) in [6.07, 6.45) is 0.335. The zero-order valence-electron chi connectivity index (χ0n) is 17.3. The number of amides is 1. The van der Waals surface area contributed by atoms with Crippen molar-refractivity contribution in [3.63, 3.8) is 0 Å². The minimum absolute atomic E-state index is 0.0423. The van der Waals surface area contributed by atoms with Crippen molar-refractivity contribution in [2.45, 2.75) is 12.5 Å². The first-order valence-corrected chi connectivity index (χ1v) is 9.70. The van der Waals surface area contributed by atoms with Crippen LogP contribution in [-0.4, -0.2) is 61.2 Å². The van der Waals surface area contributed by atoms with E-state index in [0.29, 0.717) is 23.3 Å². The molecule has 2 N–H and O–H groups in total. The van der Waals surface area contributed by atoms with Crippen LogP contribution in [0.3, 0.4) is 0 Å². The zero-order chi connectivity index (χ0) is 21.8. The Hall–Kier alpha value is -3.32. The lowest BCUT2D eigenvalue weighted by Crippen LogP contribution is -2.31. The van der Waals surface area contributed by atoms with E-state index in [1.54, 1.807) is 31.4 Å². The number of carbonyl (C=O) groups is 2. The van der Waals surface area contributed by atoms with Gasteiger partial charge in [0, 0.05) is 38.5 Å². The minimum Gasteiger partial charge on any atom is -0.507 e. The molecule has 0 spiro atoms. The van der Waals surface area contributed by atoms with E-state index >= 15 is 0 Å².